The Hall–Kier alpha value is -3.28. The number of nitrogens with zero attached hydrogens (tertiary/aromatic N) is 3. The van der Waals surface area contributed by atoms with Crippen molar-refractivity contribution in [3.63, 3.8) is 0 Å². The number of aromatic nitrogens is 3. The maximum Gasteiger partial charge on any atom is 0.189 e. The molecule has 1 aliphatic rings. The van der Waals surface area contributed by atoms with Crippen LogP contribution < -0.4 is 0 Å². The molecule has 0 unspecified atom stereocenters. The van der Waals surface area contributed by atoms with E-state index in [0.29, 0.717) is 28.7 Å². The third-order valence-electron chi connectivity index (χ3n) is 4.03. The molecule has 0 saturated heterocycles. The number of carbonyl (C=O) groups is 1. The summed E-state index contributed by atoms with van der Waals surface area (Å²) in [4.78, 5) is 16.2. The number of aromatic hydroxyl groups is 1. The summed E-state index contributed by atoms with van der Waals surface area (Å²) in [6, 6.07) is 9.53. The summed E-state index contributed by atoms with van der Waals surface area (Å²) >= 11 is 0. The Labute approximate surface area is 136 Å². The number of fused-ring (bicyclic) bond motifs is 1. The molecule has 0 atom stereocenters. The van der Waals surface area contributed by atoms with Gasteiger partial charge in [0.1, 0.15) is 29.9 Å². The second-order valence-electron chi connectivity index (χ2n) is 5.53. The van der Waals surface area contributed by atoms with Crippen molar-refractivity contribution in [1.29, 1.82) is 0 Å². The summed E-state index contributed by atoms with van der Waals surface area (Å²) in [5.74, 6) is -0.487. The quantitative estimate of drug-likeness (QED) is 0.737. The molecule has 0 amide bonds. The van der Waals surface area contributed by atoms with E-state index in [1.165, 1.54) is 23.4 Å². The van der Waals surface area contributed by atoms with Crippen LogP contribution in [0.3, 0.4) is 0 Å². The van der Waals surface area contributed by atoms with Gasteiger partial charge in [0.25, 0.3) is 0 Å². The van der Waals surface area contributed by atoms with Crippen LogP contribution in [-0.2, 0) is 6.42 Å². The van der Waals surface area contributed by atoms with Gasteiger partial charge in [0.05, 0.1) is 0 Å². The first-order valence-corrected chi connectivity index (χ1v) is 7.34. The fraction of sp³-hybridized carbons (Fsp3) is 0.0556. The molecule has 1 heterocycles. The van der Waals surface area contributed by atoms with Crippen molar-refractivity contribution >= 4 is 11.9 Å². The molecule has 0 bridgehead atoms. The molecule has 1 N–H and O–H groups in total. The lowest BCUT2D eigenvalue weighted by Crippen LogP contribution is -1.99. The number of benzene rings is 2. The maximum absolute atomic E-state index is 14.3. The van der Waals surface area contributed by atoms with Crippen LogP contribution >= 0.6 is 0 Å². The van der Waals surface area contributed by atoms with E-state index in [1.54, 1.807) is 36.4 Å². The molecule has 0 saturated carbocycles. The number of ketones is 1. The van der Waals surface area contributed by atoms with Crippen LogP contribution in [0.25, 0.3) is 11.8 Å². The lowest BCUT2D eigenvalue weighted by molar-refractivity contribution is 0.104. The molecule has 2 aromatic carbocycles. The van der Waals surface area contributed by atoms with Crippen LogP contribution in [0.15, 0.2) is 54.6 Å². The largest absolute Gasteiger partial charge is 0.508 e. The van der Waals surface area contributed by atoms with Crippen LogP contribution in [0.1, 0.15) is 21.5 Å². The first-order valence-electron chi connectivity index (χ1n) is 7.34. The number of phenols is 1. The minimum Gasteiger partial charge on any atom is -0.508 e. The molecule has 5 nitrogen and oxygen atoms in total. The van der Waals surface area contributed by atoms with E-state index in [1.807, 2.05) is 0 Å². The Morgan fingerprint density at radius 1 is 1.25 bits per heavy atom. The molecule has 0 radical (unpaired) electrons. The zero-order valence-electron chi connectivity index (χ0n) is 12.5. The summed E-state index contributed by atoms with van der Waals surface area (Å²) < 4.78 is 15.6. The lowest BCUT2D eigenvalue weighted by Gasteiger charge is -2.04. The number of carbonyl (C=O) groups excluding carboxylic acids is 1. The second-order valence-corrected chi connectivity index (χ2v) is 5.53. The zero-order valence-corrected chi connectivity index (χ0v) is 12.5. The van der Waals surface area contributed by atoms with E-state index >= 15 is 0 Å². The first kappa shape index (κ1) is 14.3. The van der Waals surface area contributed by atoms with Crippen LogP contribution in [0.2, 0.25) is 0 Å². The number of phenolic OH excluding ortho intramolecular Hbond substituents is 1. The van der Waals surface area contributed by atoms with E-state index in [-0.39, 0.29) is 17.2 Å². The minimum absolute atomic E-state index is 0.108. The lowest BCUT2D eigenvalue weighted by atomic mass is 10.1. The number of rotatable bonds is 2. The summed E-state index contributed by atoms with van der Waals surface area (Å²) in [5.41, 5.74) is 2.51. The molecule has 4 rings (SSSR count). The van der Waals surface area contributed by atoms with E-state index in [9.17, 15) is 14.3 Å². The van der Waals surface area contributed by atoms with Gasteiger partial charge >= 0.3 is 0 Å². The van der Waals surface area contributed by atoms with E-state index < -0.39 is 5.82 Å². The van der Waals surface area contributed by atoms with Crippen LogP contribution in [0, 0.1) is 5.82 Å². The third kappa shape index (κ3) is 2.28. The van der Waals surface area contributed by atoms with Crippen LogP contribution in [0.5, 0.6) is 5.75 Å². The molecule has 0 spiro atoms. The van der Waals surface area contributed by atoms with Gasteiger partial charge in [-0.1, -0.05) is 18.2 Å². The van der Waals surface area contributed by atoms with Crippen molar-refractivity contribution in [2.75, 3.05) is 0 Å². The van der Waals surface area contributed by atoms with Crippen molar-refractivity contribution < 1.29 is 14.3 Å². The van der Waals surface area contributed by atoms with Crippen LogP contribution in [0.4, 0.5) is 4.39 Å². The highest BCUT2D eigenvalue weighted by Gasteiger charge is 2.26. The SMILES string of the molecule is O=C1C(=Cc2ccc(-n3cncn3)c(F)c2)Cc2c(O)cccc21. The van der Waals surface area contributed by atoms with Gasteiger partial charge < -0.3 is 5.11 Å². The monoisotopic (exact) mass is 321 g/mol. The summed E-state index contributed by atoms with van der Waals surface area (Å²) in [7, 11) is 0. The number of hydrogen-bond donors (Lipinski definition) is 1. The molecular weight excluding hydrogens is 309 g/mol. The topological polar surface area (TPSA) is 68.0 Å². The van der Waals surface area contributed by atoms with E-state index in [0.717, 1.165) is 0 Å². The average molecular weight is 321 g/mol. The number of Topliss-reactive ketones (excluding diaryl/α,β-unsaturated/α-hetero) is 1. The predicted octanol–water partition coefficient (Wildman–Crippen LogP) is 2.93. The summed E-state index contributed by atoms with van der Waals surface area (Å²) in [5, 5.41) is 13.8. The maximum atomic E-state index is 14.3. The van der Waals surface area contributed by atoms with Crippen molar-refractivity contribution in [3.05, 3.63) is 77.1 Å². The number of halogens is 1. The Bertz CT molecular complexity index is 978. The van der Waals surface area contributed by atoms with Crippen molar-refractivity contribution in [2.24, 2.45) is 0 Å². The summed E-state index contributed by atoms with van der Waals surface area (Å²) in [6.07, 6.45) is 4.73. The Kier molecular flexibility index (Phi) is 3.23. The van der Waals surface area contributed by atoms with Gasteiger partial charge in [-0.05, 0) is 29.8 Å². The van der Waals surface area contributed by atoms with E-state index in [4.69, 9.17) is 0 Å². The zero-order chi connectivity index (χ0) is 16.7. The number of hydrogen-bond acceptors (Lipinski definition) is 4. The highest BCUT2D eigenvalue weighted by molar-refractivity contribution is 6.16. The Morgan fingerprint density at radius 3 is 2.83 bits per heavy atom. The Morgan fingerprint density at radius 2 is 2.12 bits per heavy atom. The molecule has 1 aliphatic carbocycles. The number of allylic oxidation sites excluding steroid dienone is 1. The third-order valence-corrected chi connectivity index (χ3v) is 4.03. The van der Waals surface area contributed by atoms with Gasteiger partial charge in [-0.2, -0.15) is 5.10 Å². The van der Waals surface area contributed by atoms with Gasteiger partial charge in [-0.25, -0.2) is 14.1 Å². The van der Waals surface area contributed by atoms with Crippen molar-refractivity contribution in [2.45, 2.75) is 6.42 Å². The van der Waals surface area contributed by atoms with Gasteiger partial charge in [0, 0.05) is 23.1 Å². The van der Waals surface area contributed by atoms with Gasteiger partial charge in [0.2, 0.25) is 0 Å². The molecule has 0 aliphatic heterocycles. The molecule has 6 heteroatoms. The standard InChI is InChI=1S/C18H12FN3O2/c19-15-7-11(4-5-16(15)22-10-20-9-21-22)6-12-8-14-13(18(12)24)2-1-3-17(14)23/h1-7,9-10,23H,8H2. The van der Waals surface area contributed by atoms with Gasteiger partial charge in [0.15, 0.2) is 5.78 Å². The highest BCUT2D eigenvalue weighted by Crippen LogP contribution is 2.33. The molecule has 24 heavy (non-hydrogen) atoms. The fourth-order valence-electron chi connectivity index (χ4n) is 2.87. The van der Waals surface area contributed by atoms with E-state index in [2.05, 4.69) is 10.1 Å². The van der Waals surface area contributed by atoms with Crippen molar-refractivity contribution in [3.8, 4) is 11.4 Å². The molecule has 118 valence electrons. The normalized spacial score (nSPS) is 15.0. The van der Waals surface area contributed by atoms with Gasteiger partial charge in [-0.15, -0.1) is 0 Å². The first-order chi connectivity index (χ1) is 11.6. The molecule has 3 aromatic rings. The molecule has 0 fully saturated rings. The average Bonchev–Trinajstić information content (AvgIpc) is 3.19. The highest BCUT2D eigenvalue weighted by atomic mass is 19.1. The Balaban J connectivity index is 1.69. The van der Waals surface area contributed by atoms with Gasteiger partial charge in [-0.3, -0.25) is 4.79 Å². The smallest absolute Gasteiger partial charge is 0.189 e. The molecular formula is C18H12FN3O2. The fourth-order valence-corrected chi connectivity index (χ4v) is 2.87. The molecule has 1 aromatic heterocycles. The van der Waals surface area contributed by atoms with Crippen LogP contribution in [-0.4, -0.2) is 25.7 Å². The summed E-state index contributed by atoms with van der Waals surface area (Å²) in [6.45, 7) is 0. The second kappa shape index (κ2) is 5.42. The van der Waals surface area contributed by atoms with Crippen molar-refractivity contribution in [1.82, 2.24) is 14.8 Å². The minimum atomic E-state index is -0.458. The predicted molar refractivity (Wildman–Crippen MR) is 85.4 cm³/mol.